The fourth-order valence-electron chi connectivity index (χ4n) is 2.08. The normalized spacial score (nSPS) is 10.4. The topological polar surface area (TPSA) is 85.6 Å². The molecule has 7 heteroatoms. The Bertz CT molecular complexity index is 783. The molecule has 3 rings (SSSR count). The first-order valence-electron chi connectivity index (χ1n) is 6.76. The monoisotopic (exact) mass is 294 g/mol. The highest BCUT2D eigenvalue weighted by molar-refractivity contribution is 5.92. The number of nitrogens with one attached hydrogen (secondary N) is 1. The number of carbonyl (C=O) groups excluding carboxylic acids is 1. The molecule has 0 saturated carbocycles. The van der Waals surface area contributed by atoms with Gasteiger partial charge < -0.3 is 5.32 Å². The van der Waals surface area contributed by atoms with Crippen molar-refractivity contribution in [3.05, 3.63) is 60.2 Å². The molecule has 3 aromatic rings. The van der Waals surface area contributed by atoms with E-state index in [2.05, 4.69) is 25.8 Å². The Balaban J connectivity index is 1.73. The quantitative estimate of drug-likeness (QED) is 0.789. The smallest absolute Gasteiger partial charge is 0.228 e. The first-order valence-corrected chi connectivity index (χ1v) is 6.76. The van der Waals surface area contributed by atoms with Gasteiger partial charge in [0.05, 0.1) is 12.1 Å². The summed E-state index contributed by atoms with van der Waals surface area (Å²) in [5, 5.41) is 14.2. The van der Waals surface area contributed by atoms with Crippen molar-refractivity contribution in [2.45, 2.75) is 13.3 Å². The number of benzene rings is 1. The Morgan fingerprint density at radius 2 is 2.18 bits per heavy atom. The molecule has 0 atom stereocenters. The second-order valence-electron chi connectivity index (χ2n) is 4.77. The highest BCUT2D eigenvalue weighted by Crippen LogP contribution is 2.15. The molecule has 22 heavy (non-hydrogen) atoms. The number of rotatable bonds is 4. The van der Waals surface area contributed by atoms with Crippen molar-refractivity contribution in [3.63, 3.8) is 0 Å². The van der Waals surface area contributed by atoms with Crippen LogP contribution in [-0.2, 0) is 11.2 Å². The molecule has 0 aliphatic rings. The standard InChI is InChI=1S/C15H14N6O/c1-11-18-19-20-21(11)14-6-2-5-13(9-14)17-15(22)8-12-4-3-7-16-10-12/h2-7,9-10H,8H2,1H3,(H,17,22). The maximum absolute atomic E-state index is 12.1. The molecule has 110 valence electrons. The molecule has 2 aromatic heterocycles. The Morgan fingerprint density at radius 1 is 1.27 bits per heavy atom. The second kappa shape index (κ2) is 6.13. The summed E-state index contributed by atoms with van der Waals surface area (Å²) in [5.74, 6) is 0.581. The van der Waals surface area contributed by atoms with Gasteiger partial charge in [-0.15, -0.1) is 5.10 Å². The largest absolute Gasteiger partial charge is 0.326 e. The van der Waals surface area contributed by atoms with Gasteiger partial charge in [-0.1, -0.05) is 12.1 Å². The number of aromatic nitrogens is 5. The summed E-state index contributed by atoms with van der Waals surface area (Å²) >= 11 is 0. The molecule has 1 aromatic carbocycles. The van der Waals surface area contributed by atoms with E-state index < -0.39 is 0 Å². The molecule has 0 radical (unpaired) electrons. The van der Waals surface area contributed by atoms with Crippen LogP contribution in [0.15, 0.2) is 48.8 Å². The minimum absolute atomic E-state index is 0.0985. The summed E-state index contributed by atoms with van der Waals surface area (Å²) < 4.78 is 1.61. The molecule has 0 spiro atoms. The van der Waals surface area contributed by atoms with E-state index in [0.29, 0.717) is 11.5 Å². The molecule has 0 unspecified atom stereocenters. The molecule has 1 N–H and O–H groups in total. The predicted molar refractivity (Wildman–Crippen MR) is 80.5 cm³/mol. The average molecular weight is 294 g/mol. The van der Waals surface area contributed by atoms with Crippen LogP contribution in [-0.4, -0.2) is 31.1 Å². The van der Waals surface area contributed by atoms with E-state index >= 15 is 0 Å². The molecule has 2 heterocycles. The van der Waals surface area contributed by atoms with Gasteiger partial charge in [0.1, 0.15) is 0 Å². The number of hydrogen-bond donors (Lipinski definition) is 1. The van der Waals surface area contributed by atoms with E-state index in [-0.39, 0.29) is 12.3 Å². The zero-order valence-electron chi connectivity index (χ0n) is 12.0. The maximum Gasteiger partial charge on any atom is 0.228 e. The molecule has 7 nitrogen and oxygen atoms in total. The highest BCUT2D eigenvalue weighted by Gasteiger charge is 2.07. The van der Waals surface area contributed by atoms with Crippen LogP contribution in [0.25, 0.3) is 5.69 Å². The van der Waals surface area contributed by atoms with E-state index in [0.717, 1.165) is 11.3 Å². The lowest BCUT2D eigenvalue weighted by atomic mass is 10.2. The second-order valence-corrected chi connectivity index (χ2v) is 4.77. The van der Waals surface area contributed by atoms with Crippen LogP contribution in [0.3, 0.4) is 0 Å². The number of anilines is 1. The zero-order valence-corrected chi connectivity index (χ0v) is 12.0. The lowest BCUT2D eigenvalue weighted by Gasteiger charge is -2.07. The van der Waals surface area contributed by atoms with Crippen molar-refractivity contribution in [2.24, 2.45) is 0 Å². The Labute approximate surface area is 127 Å². The van der Waals surface area contributed by atoms with Crippen molar-refractivity contribution in [2.75, 3.05) is 5.32 Å². The van der Waals surface area contributed by atoms with Gasteiger partial charge in [-0.05, 0) is 47.2 Å². The van der Waals surface area contributed by atoms with Gasteiger partial charge in [0.25, 0.3) is 0 Å². The SMILES string of the molecule is Cc1nnnn1-c1cccc(NC(=O)Cc2cccnc2)c1. The number of pyridine rings is 1. The number of amides is 1. The highest BCUT2D eigenvalue weighted by atomic mass is 16.1. The lowest BCUT2D eigenvalue weighted by molar-refractivity contribution is -0.115. The summed E-state index contributed by atoms with van der Waals surface area (Å²) in [5.41, 5.74) is 2.36. The van der Waals surface area contributed by atoms with E-state index in [9.17, 15) is 4.79 Å². The van der Waals surface area contributed by atoms with Crippen molar-refractivity contribution < 1.29 is 4.79 Å². The van der Waals surface area contributed by atoms with Gasteiger partial charge in [-0.2, -0.15) is 4.68 Å². The van der Waals surface area contributed by atoms with Crippen molar-refractivity contribution in [1.82, 2.24) is 25.2 Å². The molecule has 0 bridgehead atoms. The van der Waals surface area contributed by atoms with Crippen LogP contribution in [0.5, 0.6) is 0 Å². The van der Waals surface area contributed by atoms with E-state index in [1.165, 1.54) is 0 Å². The first kappa shape index (κ1) is 13.9. The summed E-state index contributed by atoms with van der Waals surface area (Å²) in [7, 11) is 0. The van der Waals surface area contributed by atoms with Crippen LogP contribution >= 0.6 is 0 Å². The van der Waals surface area contributed by atoms with Gasteiger partial charge >= 0.3 is 0 Å². The molecule has 0 aliphatic carbocycles. The minimum atomic E-state index is -0.0985. The number of hydrogen-bond acceptors (Lipinski definition) is 5. The zero-order chi connectivity index (χ0) is 15.4. The fraction of sp³-hybridized carbons (Fsp3) is 0.133. The summed E-state index contributed by atoms with van der Waals surface area (Å²) in [6.07, 6.45) is 3.64. The summed E-state index contributed by atoms with van der Waals surface area (Å²) in [6.45, 7) is 1.81. The molecule has 1 amide bonds. The summed E-state index contributed by atoms with van der Waals surface area (Å²) in [6, 6.07) is 11.0. The third-order valence-electron chi connectivity index (χ3n) is 3.09. The third-order valence-corrected chi connectivity index (χ3v) is 3.09. The van der Waals surface area contributed by atoms with Gasteiger partial charge in [0, 0.05) is 18.1 Å². The van der Waals surface area contributed by atoms with Gasteiger partial charge in [-0.25, -0.2) is 0 Å². The molecule has 0 fully saturated rings. The Kier molecular flexibility index (Phi) is 3.86. The first-order chi connectivity index (χ1) is 10.7. The van der Waals surface area contributed by atoms with Crippen LogP contribution < -0.4 is 5.32 Å². The number of carbonyl (C=O) groups is 1. The van der Waals surface area contributed by atoms with Crippen LogP contribution in [0.1, 0.15) is 11.4 Å². The van der Waals surface area contributed by atoms with E-state index in [1.54, 1.807) is 17.1 Å². The van der Waals surface area contributed by atoms with Crippen LogP contribution in [0, 0.1) is 6.92 Å². The molecule has 0 aliphatic heterocycles. The molecular formula is C15H14N6O. The van der Waals surface area contributed by atoms with Crippen LogP contribution in [0.2, 0.25) is 0 Å². The third kappa shape index (κ3) is 3.14. The van der Waals surface area contributed by atoms with Crippen LogP contribution in [0.4, 0.5) is 5.69 Å². The minimum Gasteiger partial charge on any atom is -0.326 e. The maximum atomic E-state index is 12.1. The number of tetrazole rings is 1. The predicted octanol–water partition coefficient (Wildman–Crippen LogP) is 1.55. The number of nitrogens with zero attached hydrogens (tertiary/aromatic N) is 5. The lowest BCUT2D eigenvalue weighted by Crippen LogP contribution is -2.14. The van der Waals surface area contributed by atoms with Gasteiger partial charge in [0.15, 0.2) is 5.82 Å². The molecular weight excluding hydrogens is 280 g/mol. The van der Waals surface area contributed by atoms with E-state index in [1.807, 2.05) is 43.3 Å². The van der Waals surface area contributed by atoms with Crippen molar-refractivity contribution in [1.29, 1.82) is 0 Å². The Hall–Kier alpha value is -3.09. The average Bonchev–Trinajstić information content (AvgIpc) is 2.94. The summed E-state index contributed by atoms with van der Waals surface area (Å²) in [4.78, 5) is 16.1. The van der Waals surface area contributed by atoms with Gasteiger partial charge in [-0.3, -0.25) is 9.78 Å². The fourth-order valence-corrected chi connectivity index (χ4v) is 2.08. The number of aryl methyl sites for hydroxylation is 1. The van der Waals surface area contributed by atoms with E-state index in [4.69, 9.17) is 0 Å². The Morgan fingerprint density at radius 3 is 2.91 bits per heavy atom. The van der Waals surface area contributed by atoms with Crippen molar-refractivity contribution in [3.8, 4) is 5.69 Å². The van der Waals surface area contributed by atoms with Crippen molar-refractivity contribution >= 4 is 11.6 Å². The molecule has 0 saturated heterocycles. The van der Waals surface area contributed by atoms with Gasteiger partial charge in [0.2, 0.25) is 5.91 Å².